The van der Waals surface area contributed by atoms with Gasteiger partial charge in [-0.1, -0.05) is 115 Å². The maximum atomic E-state index is 5.20. The van der Waals surface area contributed by atoms with Crippen molar-refractivity contribution in [2.45, 2.75) is 0 Å². The van der Waals surface area contributed by atoms with Crippen LogP contribution in [0.4, 0.5) is 0 Å². The van der Waals surface area contributed by atoms with Crippen molar-refractivity contribution in [3.8, 4) is 44.9 Å². The Kier molecular flexibility index (Phi) is 5.50. The molecular weight excluding hydrogens is 631 g/mol. The van der Waals surface area contributed by atoms with Crippen molar-refractivity contribution >= 4 is 65.2 Å². The SMILES string of the molecule is c1ccc(-n2c3ccccc3c3cc4cc(-c5ccc6c(c5)c5ccccc5n6-c5ncc6cccc7c6c5-c5ccccc5-7)ccc4cc32)cc1. The number of aromatic nitrogens is 3. The van der Waals surface area contributed by atoms with Gasteiger partial charge in [0.05, 0.1) is 22.1 Å². The number of nitrogens with zero attached hydrogens (tertiary/aromatic N) is 3. The molecule has 1 aliphatic carbocycles. The summed E-state index contributed by atoms with van der Waals surface area (Å²) in [5.74, 6) is 0.980. The number of fused-ring (bicyclic) bond motifs is 10. The van der Waals surface area contributed by atoms with Crippen molar-refractivity contribution in [3.05, 3.63) is 176 Å². The highest BCUT2D eigenvalue weighted by Gasteiger charge is 2.27. The van der Waals surface area contributed by atoms with Gasteiger partial charge in [-0.3, -0.25) is 4.57 Å². The standard InChI is InChI=1S/C49H29N3/c1-2-12-35(13-3-1)51-43-19-8-6-16-38(43)42-27-34-25-30(21-22-32(34)28-46(42)51)31-23-24-45-41(26-31)37-15-7-9-20-44(37)52(45)49-48-40-17-5-4-14-36(40)39-18-10-11-33(29-50-49)47(39)48/h1-29H. The van der Waals surface area contributed by atoms with Crippen LogP contribution >= 0.6 is 0 Å². The lowest BCUT2D eigenvalue weighted by atomic mass is 9.98. The minimum atomic E-state index is 0.980. The molecule has 3 nitrogen and oxygen atoms in total. The van der Waals surface area contributed by atoms with Gasteiger partial charge in [0.25, 0.3) is 0 Å². The zero-order chi connectivity index (χ0) is 33.9. The summed E-state index contributed by atoms with van der Waals surface area (Å²) in [5.41, 5.74) is 13.4. The molecular formula is C49H29N3. The van der Waals surface area contributed by atoms with Crippen LogP contribution < -0.4 is 0 Å². The molecule has 0 radical (unpaired) electrons. The summed E-state index contributed by atoms with van der Waals surface area (Å²) < 4.78 is 4.76. The first kappa shape index (κ1) is 27.8. The van der Waals surface area contributed by atoms with Gasteiger partial charge in [-0.25, -0.2) is 4.98 Å². The normalized spacial score (nSPS) is 12.2. The van der Waals surface area contributed by atoms with Crippen LogP contribution in [0.25, 0.3) is 110 Å². The summed E-state index contributed by atoms with van der Waals surface area (Å²) in [6, 6.07) is 62.1. The highest BCUT2D eigenvalue weighted by atomic mass is 15.1. The van der Waals surface area contributed by atoms with E-state index >= 15 is 0 Å². The zero-order valence-corrected chi connectivity index (χ0v) is 28.1. The molecule has 0 unspecified atom stereocenters. The quantitative estimate of drug-likeness (QED) is 0.185. The molecule has 0 fully saturated rings. The van der Waals surface area contributed by atoms with Gasteiger partial charge in [0.2, 0.25) is 0 Å². The van der Waals surface area contributed by atoms with Crippen LogP contribution in [-0.2, 0) is 0 Å². The number of benzene rings is 8. The van der Waals surface area contributed by atoms with Gasteiger partial charge in [0, 0.05) is 49.8 Å². The third kappa shape index (κ3) is 3.72. The van der Waals surface area contributed by atoms with Crippen molar-refractivity contribution in [1.82, 2.24) is 14.1 Å². The molecule has 1 aliphatic rings. The molecule has 52 heavy (non-hydrogen) atoms. The Balaban J connectivity index is 1.06. The average molecular weight is 660 g/mol. The smallest absolute Gasteiger partial charge is 0.146 e. The first-order chi connectivity index (χ1) is 25.8. The molecule has 0 aliphatic heterocycles. The van der Waals surface area contributed by atoms with Crippen molar-refractivity contribution in [2.75, 3.05) is 0 Å². The summed E-state index contributed by atoms with van der Waals surface area (Å²) in [6.45, 7) is 0. The summed E-state index contributed by atoms with van der Waals surface area (Å²) in [4.78, 5) is 5.20. The van der Waals surface area contributed by atoms with Crippen LogP contribution in [0, 0.1) is 0 Å². The van der Waals surface area contributed by atoms with Gasteiger partial charge in [-0.05, 0) is 93.2 Å². The molecule has 8 aromatic carbocycles. The molecule has 11 aromatic rings. The van der Waals surface area contributed by atoms with Gasteiger partial charge in [-0.2, -0.15) is 0 Å². The Bertz CT molecular complexity index is 3290. The Hall–Kier alpha value is -6.97. The van der Waals surface area contributed by atoms with Crippen LogP contribution in [0.5, 0.6) is 0 Å². The number of para-hydroxylation sites is 3. The monoisotopic (exact) mass is 659 g/mol. The summed E-state index contributed by atoms with van der Waals surface area (Å²) in [6.07, 6.45) is 2.04. The third-order valence-corrected chi connectivity index (χ3v) is 11.2. The fraction of sp³-hybridized carbons (Fsp3) is 0. The third-order valence-electron chi connectivity index (χ3n) is 11.2. The maximum absolute atomic E-state index is 5.20. The summed E-state index contributed by atoms with van der Waals surface area (Å²) in [7, 11) is 0. The van der Waals surface area contributed by atoms with Gasteiger partial charge >= 0.3 is 0 Å². The predicted molar refractivity (Wildman–Crippen MR) is 218 cm³/mol. The highest BCUT2D eigenvalue weighted by Crippen LogP contribution is 2.50. The number of hydrogen-bond donors (Lipinski definition) is 0. The minimum Gasteiger partial charge on any atom is -0.309 e. The number of pyridine rings is 1. The fourth-order valence-electron chi connectivity index (χ4n) is 8.98. The fourth-order valence-corrected chi connectivity index (χ4v) is 8.98. The zero-order valence-electron chi connectivity index (χ0n) is 28.1. The Morgan fingerprint density at radius 1 is 0.365 bits per heavy atom. The van der Waals surface area contributed by atoms with E-state index in [9.17, 15) is 0 Å². The Morgan fingerprint density at radius 2 is 1.02 bits per heavy atom. The van der Waals surface area contributed by atoms with E-state index < -0.39 is 0 Å². The summed E-state index contributed by atoms with van der Waals surface area (Å²) >= 11 is 0. The lowest BCUT2D eigenvalue weighted by Gasteiger charge is -2.13. The molecule has 240 valence electrons. The highest BCUT2D eigenvalue weighted by molar-refractivity contribution is 6.19. The molecule has 3 heteroatoms. The van der Waals surface area contributed by atoms with E-state index in [0.29, 0.717) is 0 Å². The van der Waals surface area contributed by atoms with E-state index in [4.69, 9.17) is 4.98 Å². The van der Waals surface area contributed by atoms with Gasteiger partial charge in [0.15, 0.2) is 0 Å². The van der Waals surface area contributed by atoms with Gasteiger partial charge in [-0.15, -0.1) is 0 Å². The van der Waals surface area contributed by atoms with E-state index in [1.54, 1.807) is 0 Å². The van der Waals surface area contributed by atoms with E-state index in [-0.39, 0.29) is 0 Å². The second-order valence-corrected chi connectivity index (χ2v) is 14.0. The molecule has 0 saturated carbocycles. The van der Waals surface area contributed by atoms with Crippen LogP contribution in [0.2, 0.25) is 0 Å². The van der Waals surface area contributed by atoms with Gasteiger partial charge < -0.3 is 4.57 Å². The molecule has 0 N–H and O–H groups in total. The van der Waals surface area contributed by atoms with Crippen LogP contribution in [0.15, 0.2) is 176 Å². The lowest BCUT2D eigenvalue weighted by Crippen LogP contribution is -2.00. The molecule has 0 amide bonds. The van der Waals surface area contributed by atoms with Crippen molar-refractivity contribution in [3.63, 3.8) is 0 Å². The molecule has 0 spiro atoms. The Morgan fingerprint density at radius 3 is 1.87 bits per heavy atom. The number of rotatable bonds is 3. The summed E-state index contributed by atoms with van der Waals surface area (Å²) in [5, 5.41) is 9.91. The molecule has 3 aromatic heterocycles. The largest absolute Gasteiger partial charge is 0.309 e. The van der Waals surface area contributed by atoms with Crippen molar-refractivity contribution in [2.24, 2.45) is 0 Å². The van der Waals surface area contributed by atoms with E-state index in [1.165, 1.54) is 93.2 Å². The predicted octanol–water partition coefficient (Wildman–Crippen LogP) is 12.9. The number of hydrogen-bond acceptors (Lipinski definition) is 1. The van der Waals surface area contributed by atoms with Crippen molar-refractivity contribution < 1.29 is 0 Å². The molecule has 0 bridgehead atoms. The van der Waals surface area contributed by atoms with E-state index in [0.717, 1.165) is 16.9 Å². The van der Waals surface area contributed by atoms with E-state index in [2.05, 4.69) is 179 Å². The van der Waals surface area contributed by atoms with Crippen molar-refractivity contribution in [1.29, 1.82) is 0 Å². The minimum absolute atomic E-state index is 0.980. The lowest BCUT2D eigenvalue weighted by molar-refractivity contribution is 1.09. The van der Waals surface area contributed by atoms with Crippen LogP contribution in [-0.4, -0.2) is 14.1 Å². The molecule has 0 atom stereocenters. The maximum Gasteiger partial charge on any atom is 0.146 e. The van der Waals surface area contributed by atoms with Gasteiger partial charge in [0.1, 0.15) is 5.82 Å². The Labute approximate surface area is 299 Å². The molecule has 0 saturated heterocycles. The molecule has 12 rings (SSSR count). The first-order valence-electron chi connectivity index (χ1n) is 17.9. The van der Waals surface area contributed by atoms with Crippen LogP contribution in [0.1, 0.15) is 0 Å². The molecule has 3 heterocycles. The van der Waals surface area contributed by atoms with Crippen LogP contribution in [0.3, 0.4) is 0 Å². The topological polar surface area (TPSA) is 22.8 Å². The average Bonchev–Trinajstić information content (AvgIpc) is 3.84. The second kappa shape index (κ2) is 10.3. The van der Waals surface area contributed by atoms with E-state index in [1.807, 2.05) is 6.20 Å². The first-order valence-corrected chi connectivity index (χ1v) is 17.9. The second-order valence-electron chi connectivity index (χ2n) is 14.0.